The predicted octanol–water partition coefficient (Wildman–Crippen LogP) is 2.46. The van der Waals surface area contributed by atoms with Crippen LogP contribution in [0.5, 0.6) is 0 Å². The lowest BCUT2D eigenvalue weighted by atomic mass is 9.62. The van der Waals surface area contributed by atoms with Gasteiger partial charge in [-0.25, -0.2) is 15.4 Å². The van der Waals surface area contributed by atoms with Crippen LogP contribution < -0.4 is 11.2 Å². The Kier molecular flexibility index (Phi) is 5.98. The van der Waals surface area contributed by atoms with Crippen LogP contribution in [0.25, 0.3) is 16.7 Å². The fraction of sp³-hybridized carbons (Fsp3) is 0.400. The van der Waals surface area contributed by atoms with E-state index < -0.39 is 0 Å². The summed E-state index contributed by atoms with van der Waals surface area (Å²) < 4.78 is 5.72. The number of aromatic nitrogens is 4. The molecule has 3 heterocycles. The molecule has 0 radical (unpaired) electrons. The molecule has 1 aliphatic carbocycles. The number of hydrazine groups is 1. The third-order valence-electron chi connectivity index (χ3n) is 7.17. The Morgan fingerprint density at radius 1 is 1.20 bits per heavy atom. The molecule has 2 aromatic heterocycles. The number of benzene rings is 1. The zero-order chi connectivity index (χ0) is 24.6. The fourth-order valence-electron chi connectivity index (χ4n) is 4.58. The van der Waals surface area contributed by atoms with Gasteiger partial charge in [0.2, 0.25) is 11.9 Å². The van der Waals surface area contributed by atoms with Gasteiger partial charge in [0.1, 0.15) is 6.54 Å². The molecule has 0 spiro atoms. The van der Waals surface area contributed by atoms with Crippen molar-refractivity contribution >= 4 is 17.4 Å². The molecule has 0 saturated heterocycles. The lowest BCUT2D eigenvalue weighted by Gasteiger charge is -2.41. The average Bonchev–Trinajstić information content (AvgIpc) is 3.48. The maximum Gasteiger partial charge on any atom is 0.256 e. The minimum Gasteiger partial charge on any atom is -0.368 e. The van der Waals surface area contributed by atoms with E-state index in [1.54, 1.807) is 36.4 Å². The molecule has 1 atom stereocenters. The maximum atomic E-state index is 12.0. The molecule has 1 fully saturated rings. The first kappa shape index (κ1) is 23.0. The fourth-order valence-corrected chi connectivity index (χ4v) is 4.58. The second kappa shape index (κ2) is 9.10. The van der Waals surface area contributed by atoms with Gasteiger partial charge in [-0.3, -0.25) is 4.79 Å². The molecule has 0 unspecified atom stereocenters. The number of nitrogens with zero attached hydrogens (tertiary/aromatic N) is 6. The minimum absolute atomic E-state index is 0.00718. The zero-order valence-corrected chi connectivity index (χ0v) is 20.2. The first-order valence-electron chi connectivity index (χ1n) is 11.8. The number of nitrogen functional groups attached to an aromatic ring is 1. The number of anilines is 1. The molecule has 3 N–H and O–H groups in total. The number of carbonyl (C=O) groups excluding carboxylic acids is 1. The second-order valence-electron chi connectivity index (χ2n) is 9.57. The van der Waals surface area contributed by atoms with Crippen LogP contribution in [0.1, 0.15) is 43.5 Å². The Balaban J connectivity index is 1.41. The molecule has 5 rings (SSSR count). The molecule has 1 amide bonds. The molecular formula is C25H30N8O2. The van der Waals surface area contributed by atoms with Crippen LogP contribution in [0.2, 0.25) is 0 Å². The van der Waals surface area contributed by atoms with Gasteiger partial charge < -0.3 is 20.2 Å². The molecule has 182 valence electrons. The highest BCUT2D eigenvalue weighted by molar-refractivity contribution is 5.78. The molecule has 2 aliphatic rings. The summed E-state index contributed by atoms with van der Waals surface area (Å²) in [5, 5.41) is 6.19. The predicted molar refractivity (Wildman–Crippen MR) is 131 cm³/mol. The molecule has 1 aliphatic heterocycles. The third-order valence-corrected chi connectivity index (χ3v) is 7.17. The van der Waals surface area contributed by atoms with Crippen molar-refractivity contribution in [3.63, 3.8) is 0 Å². The Bertz CT molecular complexity index is 1230. The molecule has 10 nitrogen and oxygen atoms in total. The Morgan fingerprint density at radius 3 is 2.54 bits per heavy atom. The van der Waals surface area contributed by atoms with Gasteiger partial charge in [0.25, 0.3) is 5.89 Å². The van der Waals surface area contributed by atoms with Crippen molar-refractivity contribution in [1.29, 1.82) is 0 Å². The number of hydrogen-bond acceptors (Lipinski definition) is 9. The van der Waals surface area contributed by atoms with E-state index in [0.29, 0.717) is 24.2 Å². The number of rotatable bonds is 7. The SMILES string of the molecule is CN(C)C(=O)CN1C=C(c2nc([C@@](C)(c3ccc(-c4cnc(N)nc4)cc3)C3CCC3)no2)CN1. The van der Waals surface area contributed by atoms with E-state index in [1.165, 1.54) is 6.42 Å². The van der Waals surface area contributed by atoms with E-state index in [9.17, 15) is 4.79 Å². The van der Waals surface area contributed by atoms with E-state index in [1.807, 2.05) is 6.20 Å². The normalized spacial score (nSPS) is 17.6. The summed E-state index contributed by atoms with van der Waals surface area (Å²) in [5.41, 5.74) is 12.4. The van der Waals surface area contributed by atoms with Crippen LogP contribution in [0.4, 0.5) is 5.95 Å². The highest BCUT2D eigenvalue weighted by atomic mass is 16.5. The van der Waals surface area contributed by atoms with Crippen LogP contribution in [-0.2, 0) is 10.2 Å². The van der Waals surface area contributed by atoms with Crippen molar-refractivity contribution in [2.45, 2.75) is 31.6 Å². The lowest BCUT2D eigenvalue weighted by Crippen LogP contribution is -2.38. The molecule has 0 bridgehead atoms. The molecule has 35 heavy (non-hydrogen) atoms. The first-order valence-corrected chi connectivity index (χ1v) is 11.8. The highest BCUT2D eigenvalue weighted by Crippen LogP contribution is 2.47. The largest absolute Gasteiger partial charge is 0.368 e. The molecule has 1 aromatic carbocycles. The van der Waals surface area contributed by atoms with Gasteiger partial charge in [-0.05, 0) is 36.8 Å². The van der Waals surface area contributed by atoms with Crippen LogP contribution >= 0.6 is 0 Å². The summed E-state index contributed by atoms with van der Waals surface area (Å²) in [6, 6.07) is 8.41. The summed E-state index contributed by atoms with van der Waals surface area (Å²) in [6.45, 7) is 2.97. The van der Waals surface area contributed by atoms with Crippen LogP contribution in [0.15, 0.2) is 47.4 Å². The minimum atomic E-state index is -0.372. The standard InChI is InChI=1S/C25H30N8O2/c1-25(19-5-4-6-19,20-9-7-16(8-10-20)17-11-27-24(26)28-12-17)23-30-22(35-31-23)18-13-29-33(14-18)15-21(34)32(2)3/h7-12,14,19,29H,4-6,13,15H2,1-3H3,(H2,26,27,28)/t25-/m1/s1. The van der Waals surface area contributed by atoms with E-state index in [4.69, 9.17) is 15.2 Å². The van der Waals surface area contributed by atoms with E-state index in [-0.39, 0.29) is 23.8 Å². The van der Waals surface area contributed by atoms with Crippen LogP contribution in [0.3, 0.4) is 0 Å². The summed E-state index contributed by atoms with van der Waals surface area (Å²) in [4.78, 5) is 26.6. The highest BCUT2D eigenvalue weighted by Gasteiger charge is 2.44. The van der Waals surface area contributed by atoms with E-state index >= 15 is 0 Å². The van der Waals surface area contributed by atoms with Crippen molar-refractivity contribution in [2.75, 3.05) is 32.9 Å². The van der Waals surface area contributed by atoms with Gasteiger partial charge in [-0.2, -0.15) is 4.98 Å². The maximum absolute atomic E-state index is 12.0. The monoisotopic (exact) mass is 474 g/mol. The Hall–Kier alpha value is -3.79. The van der Waals surface area contributed by atoms with Crippen molar-refractivity contribution < 1.29 is 9.32 Å². The van der Waals surface area contributed by atoms with Crippen molar-refractivity contribution in [2.24, 2.45) is 5.92 Å². The number of amides is 1. The van der Waals surface area contributed by atoms with Crippen LogP contribution in [0, 0.1) is 5.92 Å². The summed E-state index contributed by atoms with van der Waals surface area (Å²) in [7, 11) is 3.48. The lowest BCUT2D eigenvalue weighted by molar-refractivity contribution is -0.129. The van der Waals surface area contributed by atoms with Gasteiger partial charge in [0.15, 0.2) is 5.82 Å². The van der Waals surface area contributed by atoms with E-state index in [0.717, 1.165) is 35.1 Å². The third kappa shape index (κ3) is 4.37. The number of carbonyl (C=O) groups is 1. The molecular weight excluding hydrogens is 444 g/mol. The average molecular weight is 475 g/mol. The number of likely N-dealkylation sites (N-methyl/N-ethyl adjacent to an activating group) is 1. The topological polar surface area (TPSA) is 126 Å². The second-order valence-corrected chi connectivity index (χ2v) is 9.57. The zero-order valence-electron chi connectivity index (χ0n) is 20.2. The summed E-state index contributed by atoms with van der Waals surface area (Å²) >= 11 is 0. The summed E-state index contributed by atoms with van der Waals surface area (Å²) in [6.07, 6.45) is 8.77. The van der Waals surface area contributed by atoms with Gasteiger partial charge in [0, 0.05) is 44.8 Å². The smallest absolute Gasteiger partial charge is 0.256 e. The van der Waals surface area contributed by atoms with Gasteiger partial charge in [0.05, 0.1) is 11.0 Å². The van der Waals surface area contributed by atoms with Gasteiger partial charge in [-0.1, -0.05) is 35.8 Å². The number of nitrogens with two attached hydrogens (primary N) is 1. The van der Waals surface area contributed by atoms with Crippen molar-refractivity contribution in [1.82, 2.24) is 35.4 Å². The number of hydrogen-bond donors (Lipinski definition) is 2. The molecule has 10 heteroatoms. The van der Waals surface area contributed by atoms with Crippen molar-refractivity contribution in [3.8, 4) is 11.1 Å². The Labute approximate surface area is 204 Å². The first-order chi connectivity index (χ1) is 16.8. The Morgan fingerprint density at radius 2 is 1.91 bits per heavy atom. The van der Waals surface area contributed by atoms with Crippen LogP contribution in [-0.4, -0.2) is 63.1 Å². The van der Waals surface area contributed by atoms with E-state index in [2.05, 4.69) is 51.7 Å². The van der Waals surface area contributed by atoms with Gasteiger partial charge in [-0.15, -0.1) is 0 Å². The number of nitrogens with one attached hydrogen (secondary N) is 1. The molecule has 1 saturated carbocycles. The summed E-state index contributed by atoms with van der Waals surface area (Å²) in [5.74, 6) is 1.87. The van der Waals surface area contributed by atoms with Crippen molar-refractivity contribution in [3.05, 3.63) is 60.1 Å². The van der Waals surface area contributed by atoms with Gasteiger partial charge >= 0.3 is 0 Å². The molecule has 3 aromatic rings. The quantitative estimate of drug-likeness (QED) is 0.531.